The van der Waals surface area contributed by atoms with Gasteiger partial charge < -0.3 is 21.3 Å². The Morgan fingerprint density at radius 3 is 2.57 bits per heavy atom. The number of rotatable bonds is 6. The van der Waals surface area contributed by atoms with Crippen LogP contribution in [0.4, 0.5) is 0 Å². The Morgan fingerprint density at radius 2 is 1.84 bits per heavy atom. The van der Waals surface area contributed by atoms with Crippen LogP contribution in [0.25, 0.3) is 11.1 Å². The molecular formula is C30H33N3O4. The van der Waals surface area contributed by atoms with E-state index < -0.39 is 35.2 Å². The molecule has 0 fully saturated rings. The van der Waals surface area contributed by atoms with Crippen LogP contribution in [-0.4, -0.2) is 28.0 Å². The molecule has 0 radical (unpaired) electrons. The smallest absolute Gasteiger partial charge is 0.227 e. The number of carbonyl (C=O) groups excluding carboxylic acids is 2. The van der Waals surface area contributed by atoms with E-state index in [2.05, 4.69) is 4.98 Å². The molecule has 5 rings (SSSR count). The molecule has 37 heavy (non-hydrogen) atoms. The van der Waals surface area contributed by atoms with Gasteiger partial charge in [0.25, 0.3) is 0 Å². The van der Waals surface area contributed by atoms with Crippen molar-refractivity contribution >= 4 is 11.8 Å². The molecule has 0 saturated carbocycles. The van der Waals surface area contributed by atoms with E-state index in [-0.39, 0.29) is 6.10 Å². The summed E-state index contributed by atoms with van der Waals surface area (Å²) in [7, 11) is 0. The van der Waals surface area contributed by atoms with Crippen LogP contribution >= 0.6 is 0 Å². The summed E-state index contributed by atoms with van der Waals surface area (Å²) in [5, 5.41) is 12.0. The summed E-state index contributed by atoms with van der Waals surface area (Å²) in [5.74, 6) is -1.81. The van der Waals surface area contributed by atoms with Crippen LogP contribution in [0.5, 0.6) is 5.88 Å². The number of hydrogen-bond acceptors (Lipinski definition) is 5. The zero-order valence-corrected chi connectivity index (χ0v) is 21.2. The van der Waals surface area contributed by atoms with Crippen molar-refractivity contribution in [1.29, 1.82) is 0 Å². The Bertz CT molecular complexity index is 1350. The third-order valence-corrected chi connectivity index (χ3v) is 8.06. The lowest BCUT2D eigenvalue weighted by atomic mass is 9.54. The average molecular weight is 502 g/mol. The molecule has 2 aliphatic rings. The lowest BCUT2D eigenvalue weighted by Crippen LogP contribution is -2.53. The second-order valence-corrected chi connectivity index (χ2v) is 10.5. The number of nitrogens with zero attached hydrogens (tertiary/aromatic N) is 1. The monoisotopic (exact) mass is 501 g/mol. The minimum Gasteiger partial charge on any atom is -0.475 e. The van der Waals surface area contributed by atoms with E-state index in [0.717, 1.165) is 27.8 Å². The molecule has 2 aliphatic carbocycles. The molecule has 0 spiro atoms. The van der Waals surface area contributed by atoms with Crippen LogP contribution in [0.2, 0.25) is 0 Å². The third kappa shape index (κ3) is 4.17. The highest BCUT2D eigenvalue weighted by molar-refractivity contribution is 5.87. The number of fused-ring (bicyclic) bond motifs is 2. The van der Waals surface area contributed by atoms with Gasteiger partial charge in [-0.2, -0.15) is 0 Å². The number of aliphatic hydroxyl groups is 1. The SMILES string of the molecule is CC(C)Oc1ncccc1-c1ccc2c(c1)C(O)C(C(N)=O)(C1c3ccccc3CCC1C([16NH2])=O)CC2. The summed E-state index contributed by atoms with van der Waals surface area (Å²) < 4.78 is 5.93. The van der Waals surface area contributed by atoms with Crippen LogP contribution in [0.1, 0.15) is 61.0 Å². The van der Waals surface area contributed by atoms with Gasteiger partial charge in [0.2, 0.25) is 17.7 Å². The number of primary amides is 2. The van der Waals surface area contributed by atoms with Crippen molar-refractivity contribution in [3.05, 3.63) is 83.0 Å². The summed E-state index contributed by atoms with van der Waals surface area (Å²) in [6, 6.07) is 17.4. The standard InChI is InChI=1S/C30H33N3O4/c1-17(2)37-28-22(8-5-15-33-28)20-10-9-19-13-14-30(29(32)36,26(34)24(19)16-20)25-21-7-4-3-6-18(21)11-12-23(25)27(31)35/h3-10,15-17,23,25-26,34H,11-14H2,1-2H3,(H2,31,35)(H2,32,36)/i31+2. The molecule has 4 atom stereocenters. The van der Waals surface area contributed by atoms with Crippen LogP contribution in [0, 0.1) is 11.3 Å². The zero-order valence-electron chi connectivity index (χ0n) is 21.2. The Labute approximate surface area is 216 Å². The first-order chi connectivity index (χ1) is 17.7. The number of aliphatic hydroxyl groups excluding tert-OH is 1. The topological polar surface area (TPSA) is 129 Å². The van der Waals surface area contributed by atoms with Crippen molar-refractivity contribution < 1.29 is 19.4 Å². The molecule has 0 aliphatic heterocycles. The number of aromatic nitrogens is 1. The van der Waals surface area contributed by atoms with E-state index in [1.54, 1.807) is 6.20 Å². The summed E-state index contributed by atoms with van der Waals surface area (Å²) in [4.78, 5) is 30.5. The van der Waals surface area contributed by atoms with Gasteiger partial charge in [0.15, 0.2) is 0 Å². The second kappa shape index (κ2) is 9.63. The molecule has 7 nitrogen and oxygen atoms in total. The van der Waals surface area contributed by atoms with Crippen LogP contribution in [-0.2, 0) is 22.4 Å². The number of pyridine rings is 1. The normalized spacial score (nSPS) is 24.7. The number of carbonyl (C=O) groups is 2. The maximum absolute atomic E-state index is 13.4. The summed E-state index contributed by atoms with van der Waals surface area (Å²) >= 11 is 0. The Kier molecular flexibility index (Phi) is 6.50. The van der Waals surface area contributed by atoms with E-state index in [1.165, 1.54) is 0 Å². The quantitative estimate of drug-likeness (QED) is 0.473. The molecule has 3 aromatic rings. The van der Waals surface area contributed by atoms with Crippen LogP contribution in [0.3, 0.4) is 0 Å². The predicted molar refractivity (Wildman–Crippen MR) is 141 cm³/mol. The Balaban J connectivity index is 1.65. The van der Waals surface area contributed by atoms with Gasteiger partial charge in [-0.1, -0.05) is 36.4 Å². The molecule has 0 bridgehead atoms. The third-order valence-electron chi connectivity index (χ3n) is 8.06. The summed E-state index contributed by atoms with van der Waals surface area (Å²) in [6.07, 6.45) is 2.48. The molecule has 0 saturated heterocycles. The van der Waals surface area contributed by atoms with Crippen molar-refractivity contribution in [2.45, 2.75) is 57.7 Å². The molecule has 7 heteroatoms. The number of benzene rings is 2. The van der Waals surface area contributed by atoms with Gasteiger partial charge in [-0.05, 0) is 85.5 Å². The van der Waals surface area contributed by atoms with Gasteiger partial charge in [-0.15, -0.1) is 0 Å². The predicted octanol–water partition coefficient (Wildman–Crippen LogP) is 3.82. The highest BCUT2D eigenvalue weighted by Crippen LogP contribution is 2.58. The number of hydrogen-bond donors (Lipinski definition) is 3. The van der Waals surface area contributed by atoms with Crippen molar-refractivity contribution in [1.82, 2.24) is 4.98 Å². The minimum absolute atomic E-state index is 0.0588. The minimum atomic E-state index is -1.38. The van der Waals surface area contributed by atoms with E-state index >= 15 is 0 Å². The van der Waals surface area contributed by atoms with E-state index in [1.807, 2.05) is 68.4 Å². The highest BCUT2D eigenvalue weighted by atomic mass is 16.5. The van der Waals surface area contributed by atoms with Gasteiger partial charge in [0.05, 0.1) is 17.6 Å². The first-order valence-corrected chi connectivity index (χ1v) is 12.8. The molecule has 4 unspecified atom stereocenters. The van der Waals surface area contributed by atoms with Gasteiger partial charge in [-0.3, -0.25) is 9.59 Å². The van der Waals surface area contributed by atoms with Crippen molar-refractivity contribution in [2.24, 2.45) is 22.8 Å². The van der Waals surface area contributed by atoms with Crippen molar-refractivity contribution in [2.75, 3.05) is 0 Å². The largest absolute Gasteiger partial charge is 0.475 e. The molecule has 5 N–H and O–H groups in total. The van der Waals surface area contributed by atoms with E-state index in [0.29, 0.717) is 37.1 Å². The van der Waals surface area contributed by atoms with Crippen molar-refractivity contribution in [3.63, 3.8) is 0 Å². The number of aryl methyl sites for hydroxylation is 2. The maximum atomic E-state index is 13.4. The summed E-state index contributed by atoms with van der Waals surface area (Å²) in [6.45, 7) is 3.88. The lowest BCUT2D eigenvalue weighted by molar-refractivity contribution is -0.144. The second-order valence-electron chi connectivity index (χ2n) is 10.5. The van der Waals surface area contributed by atoms with Gasteiger partial charge in [0, 0.05) is 23.6 Å². The fourth-order valence-corrected chi connectivity index (χ4v) is 6.37. The van der Waals surface area contributed by atoms with Gasteiger partial charge in [-0.25, -0.2) is 4.98 Å². The van der Waals surface area contributed by atoms with E-state index in [4.69, 9.17) is 16.2 Å². The number of ether oxygens (including phenoxy) is 1. The van der Waals surface area contributed by atoms with E-state index in [9.17, 15) is 14.7 Å². The Morgan fingerprint density at radius 1 is 1.08 bits per heavy atom. The first kappa shape index (κ1) is 25.0. The number of amides is 2. The summed E-state index contributed by atoms with van der Waals surface area (Å²) in [5.41, 5.74) is 15.8. The highest BCUT2D eigenvalue weighted by Gasteiger charge is 2.57. The lowest BCUT2D eigenvalue weighted by Gasteiger charge is -2.49. The fraction of sp³-hybridized carbons (Fsp3) is 0.367. The molecular weight excluding hydrogens is 468 g/mol. The van der Waals surface area contributed by atoms with Gasteiger partial charge in [0.1, 0.15) is 0 Å². The zero-order chi connectivity index (χ0) is 26.3. The average Bonchev–Trinajstić information content (AvgIpc) is 2.88. The molecule has 192 valence electrons. The number of nitrogens with two attached hydrogens (primary N) is 2. The van der Waals surface area contributed by atoms with Crippen molar-refractivity contribution in [3.8, 4) is 17.0 Å². The van der Waals surface area contributed by atoms with Crippen LogP contribution in [0.15, 0.2) is 60.8 Å². The fourth-order valence-electron chi connectivity index (χ4n) is 6.37. The molecule has 2 amide bonds. The maximum Gasteiger partial charge on any atom is 0.227 e. The van der Waals surface area contributed by atoms with Gasteiger partial charge >= 0.3 is 0 Å². The molecule has 1 heterocycles. The Hall–Kier alpha value is -3.71. The first-order valence-electron chi connectivity index (χ1n) is 12.8. The van der Waals surface area contributed by atoms with Crippen LogP contribution < -0.4 is 16.2 Å². The molecule has 2 aromatic carbocycles. The molecule has 1 aromatic heterocycles.